The molecule has 0 bridgehead atoms. The Bertz CT molecular complexity index is 267. The molecule has 1 heterocycles. The normalized spacial score (nSPS) is 11.3. The maximum atomic E-state index is 12.2. The largest absolute Gasteiger partial charge is 0.329 e. The van der Waals surface area contributed by atoms with E-state index in [9.17, 15) is 8.78 Å². The first kappa shape index (κ1) is 12.0. The minimum absolute atomic E-state index is 0.256. The maximum Gasteiger partial charge on any atom is 0.251 e. The third-order valence-electron chi connectivity index (χ3n) is 1.95. The van der Waals surface area contributed by atoms with Crippen LogP contribution in [-0.4, -0.2) is 35.9 Å². The van der Waals surface area contributed by atoms with Gasteiger partial charge in [-0.1, -0.05) is 6.07 Å². The van der Waals surface area contributed by atoms with E-state index in [2.05, 4.69) is 4.98 Å². The zero-order valence-electron chi connectivity index (χ0n) is 8.44. The van der Waals surface area contributed by atoms with Crippen molar-refractivity contribution in [3.8, 4) is 0 Å². The van der Waals surface area contributed by atoms with E-state index in [0.717, 1.165) is 5.69 Å². The number of nitrogens with two attached hydrogens (primary N) is 1. The highest BCUT2D eigenvalue weighted by Crippen LogP contribution is 2.03. The highest BCUT2D eigenvalue weighted by atomic mass is 19.3. The average molecular weight is 215 g/mol. The first-order chi connectivity index (χ1) is 7.22. The van der Waals surface area contributed by atoms with E-state index >= 15 is 0 Å². The van der Waals surface area contributed by atoms with Gasteiger partial charge in [-0.15, -0.1) is 0 Å². The molecule has 0 fully saturated rings. The quantitative estimate of drug-likeness (QED) is 0.773. The van der Waals surface area contributed by atoms with Gasteiger partial charge in [-0.05, 0) is 12.1 Å². The van der Waals surface area contributed by atoms with Gasteiger partial charge < -0.3 is 5.73 Å². The Morgan fingerprint density at radius 3 is 2.73 bits per heavy atom. The summed E-state index contributed by atoms with van der Waals surface area (Å²) in [6, 6.07) is 5.45. The molecule has 15 heavy (non-hydrogen) atoms. The highest BCUT2D eigenvalue weighted by Gasteiger charge is 2.11. The van der Waals surface area contributed by atoms with Crippen molar-refractivity contribution in [2.75, 3.05) is 19.6 Å². The summed E-state index contributed by atoms with van der Waals surface area (Å²) in [4.78, 5) is 5.68. The van der Waals surface area contributed by atoms with Crippen LogP contribution in [0.1, 0.15) is 5.69 Å². The molecule has 0 radical (unpaired) electrons. The first-order valence-electron chi connectivity index (χ1n) is 4.83. The van der Waals surface area contributed by atoms with E-state index in [1.807, 2.05) is 12.1 Å². The summed E-state index contributed by atoms with van der Waals surface area (Å²) < 4.78 is 24.4. The zero-order valence-corrected chi connectivity index (χ0v) is 8.44. The molecule has 5 heteroatoms. The van der Waals surface area contributed by atoms with E-state index in [0.29, 0.717) is 19.6 Å². The number of halogens is 2. The third kappa shape index (κ3) is 4.80. The molecule has 84 valence electrons. The fourth-order valence-corrected chi connectivity index (χ4v) is 1.33. The third-order valence-corrected chi connectivity index (χ3v) is 1.95. The molecule has 1 rings (SSSR count). The van der Waals surface area contributed by atoms with Crippen LogP contribution in [-0.2, 0) is 6.54 Å². The summed E-state index contributed by atoms with van der Waals surface area (Å²) in [5.74, 6) is 0. The summed E-state index contributed by atoms with van der Waals surface area (Å²) in [5.41, 5.74) is 6.14. The Labute approximate surface area is 87.9 Å². The van der Waals surface area contributed by atoms with Crippen LogP contribution in [0.25, 0.3) is 0 Å². The molecule has 0 saturated heterocycles. The van der Waals surface area contributed by atoms with Crippen LogP contribution in [0.3, 0.4) is 0 Å². The van der Waals surface area contributed by atoms with Crippen molar-refractivity contribution in [1.29, 1.82) is 0 Å². The van der Waals surface area contributed by atoms with Gasteiger partial charge in [0.05, 0.1) is 12.2 Å². The van der Waals surface area contributed by atoms with Gasteiger partial charge in [-0.2, -0.15) is 0 Å². The first-order valence-corrected chi connectivity index (χ1v) is 4.83. The van der Waals surface area contributed by atoms with Gasteiger partial charge in [0.15, 0.2) is 0 Å². The predicted octanol–water partition coefficient (Wildman–Crippen LogP) is 1.11. The maximum absolute atomic E-state index is 12.2. The Kier molecular flexibility index (Phi) is 5.14. The van der Waals surface area contributed by atoms with Crippen LogP contribution in [0, 0.1) is 0 Å². The number of rotatable bonds is 6. The number of nitrogens with zero attached hydrogens (tertiary/aromatic N) is 2. The Balaban J connectivity index is 2.50. The summed E-state index contributed by atoms with van der Waals surface area (Å²) in [7, 11) is 0. The molecular weight excluding hydrogens is 200 g/mol. The Morgan fingerprint density at radius 2 is 2.20 bits per heavy atom. The van der Waals surface area contributed by atoms with E-state index < -0.39 is 6.43 Å². The fraction of sp³-hybridized carbons (Fsp3) is 0.500. The minimum Gasteiger partial charge on any atom is -0.329 e. The van der Waals surface area contributed by atoms with E-state index in [1.165, 1.54) is 0 Å². The number of alkyl halides is 2. The molecule has 0 aliphatic heterocycles. The number of hydrogen-bond donors (Lipinski definition) is 1. The molecule has 3 nitrogen and oxygen atoms in total. The summed E-state index contributed by atoms with van der Waals surface area (Å²) in [6.45, 7) is 0.997. The molecule has 0 amide bonds. The van der Waals surface area contributed by atoms with Crippen molar-refractivity contribution in [3.63, 3.8) is 0 Å². The lowest BCUT2D eigenvalue weighted by Gasteiger charge is -2.20. The summed E-state index contributed by atoms with van der Waals surface area (Å²) in [5, 5.41) is 0. The van der Waals surface area contributed by atoms with Crippen LogP contribution in [0.2, 0.25) is 0 Å². The van der Waals surface area contributed by atoms with Crippen molar-refractivity contribution in [3.05, 3.63) is 30.1 Å². The van der Waals surface area contributed by atoms with Gasteiger partial charge in [-0.25, -0.2) is 8.78 Å². The number of aromatic nitrogens is 1. The van der Waals surface area contributed by atoms with Crippen molar-refractivity contribution < 1.29 is 8.78 Å². The molecule has 1 aromatic heterocycles. The van der Waals surface area contributed by atoms with Crippen LogP contribution in [0.5, 0.6) is 0 Å². The standard InChI is InChI=1S/C10H15F2N3/c11-10(12)8-15(6-4-13)7-9-3-1-2-5-14-9/h1-3,5,10H,4,6-8,13H2. The zero-order chi connectivity index (χ0) is 11.1. The highest BCUT2D eigenvalue weighted by molar-refractivity contribution is 5.03. The van der Waals surface area contributed by atoms with E-state index in [4.69, 9.17) is 5.73 Å². The Hall–Kier alpha value is -1.07. The topological polar surface area (TPSA) is 42.1 Å². The van der Waals surface area contributed by atoms with E-state index in [1.54, 1.807) is 17.2 Å². The second-order valence-electron chi connectivity index (χ2n) is 3.24. The number of hydrogen-bond acceptors (Lipinski definition) is 3. The molecule has 1 aromatic rings. The molecule has 2 N–H and O–H groups in total. The lowest BCUT2D eigenvalue weighted by Crippen LogP contribution is -2.33. The molecular formula is C10H15F2N3. The SMILES string of the molecule is NCCN(Cc1ccccn1)CC(F)F. The molecule has 0 saturated carbocycles. The van der Waals surface area contributed by atoms with Gasteiger partial charge in [0.1, 0.15) is 0 Å². The average Bonchev–Trinajstić information content (AvgIpc) is 2.18. The van der Waals surface area contributed by atoms with Crippen LogP contribution >= 0.6 is 0 Å². The monoisotopic (exact) mass is 215 g/mol. The van der Waals surface area contributed by atoms with Crippen molar-refractivity contribution in [2.45, 2.75) is 13.0 Å². The summed E-state index contributed by atoms with van der Waals surface area (Å²) >= 11 is 0. The Morgan fingerprint density at radius 1 is 1.40 bits per heavy atom. The second-order valence-corrected chi connectivity index (χ2v) is 3.24. The molecule has 0 spiro atoms. The molecule has 0 aliphatic rings. The van der Waals surface area contributed by atoms with Crippen LogP contribution in [0.15, 0.2) is 24.4 Å². The van der Waals surface area contributed by atoms with Crippen molar-refractivity contribution in [2.24, 2.45) is 5.73 Å². The molecule has 0 aliphatic carbocycles. The smallest absolute Gasteiger partial charge is 0.251 e. The number of pyridine rings is 1. The lowest BCUT2D eigenvalue weighted by atomic mass is 10.3. The molecule has 0 aromatic carbocycles. The second kappa shape index (κ2) is 6.42. The van der Waals surface area contributed by atoms with Gasteiger partial charge in [0.25, 0.3) is 6.43 Å². The van der Waals surface area contributed by atoms with Gasteiger partial charge in [0.2, 0.25) is 0 Å². The van der Waals surface area contributed by atoms with Gasteiger partial charge in [0, 0.05) is 25.8 Å². The lowest BCUT2D eigenvalue weighted by molar-refractivity contribution is 0.0857. The van der Waals surface area contributed by atoms with Crippen LogP contribution in [0.4, 0.5) is 8.78 Å². The minimum atomic E-state index is -2.33. The molecule has 0 atom stereocenters. The molecule has 0 unspecified atom stereocenters. The van der Waals surface area contributed by atoms with Gasteiger partial charge >= 0.3 is 0 Å². The fourth-order valence-electron chi connectivity index (χ4n) is 1.33. The van der Waals surface area contributed by atoms with Crippen molar-refractivity contribution >= 4 is 0 Å². The van der Waals surface area contributed by atoms with E-state index in [-0.39, 0.29) is 6.54 Å². The van der Waals surface area contributed by atoms with Gasteiger partial charge in [-0.3, -0.25) is 9.88 Å². The van der Waals surface area contributed by atoms with Crippen LogP contribution < -0.4 is 5.73 Å². The van der Waals surface area contributed by atoms with Crippen molar-refractivity contribution in [1.82, 2.24) is 9.88 Å². The summed E-state index contributed by atoms with van der Waals surface area (Å²) in [6.07, 6.45) is -0.682. The predicted molar refractivity (Wildman–Crippen MR) is 54.6 cm³/mol.